The summed E-state index contributed by atoms with van der Waals surface area (Å²) in [6.45, 7) is 0. The smallest absolute Gasteiger partial charge is 0.393 e. The molecule has 2 aromatic rings. The Morgan fingerprint density at radius 1 is 1.50 bits per heavy atom. The van der Waals surface area contributed by atoms with Crippen LogP contribution >= 0.6 is 11.6 Å². The predicted octanol–water partition coefficient (Wildman–Crippen LogP) is 2.02. The first-order chi connectivity index (χ1) is 8.60. The van der Waals surface area contributed by atoms with E-state index in [9.17, 15) is 4.79 Å². The molecule has 6 nitrogen and oxygen atoms in total. The summed E-state index contributed by atoms with van der Waals surface area (Å²) in [6.07, 6.45) is 0.254. The van der Waals surface area contributed by atoms with Gasteiger partial charge in [0.05, 0.1) is 13.5 Å². The minimum atomic E-state index is -1.26. The topological polar surface area (TPSA) is 85.5 Å². The number of hydrogen-bond acceptors (Lipinski definition) is 5. The second kappa shape index (κ2) is 5.05. The SMILES string of the molecule is COc1ccc(Cl)cc1Cc1nnc(C(=O)O)o1. The molecule has 0 unspecified atom stereocenters. The first kappa shape index (κ1) is 12.4. The highest BCUT2D eigenvalue weighted by molar-refractivity contribution is 6.30. The van der Waals surface area contributed by atoms with E-state index in [-0.39, 0.29) is 12.3 Å². The molecule has 0 fully saturated rings. The highest BCUT2D eigenvalue weighted by Crippen LogP contribution is 2.24. The zero-order valence-corrected chi connectivity index (χ0v) is 10.1. The summed E-state index contributed by atoms with van der Waals surface area (Å²) in [5.41, 5.74) is 0.741. The average molecular weight is 269 g/mol. The van der Waals surface area contributed by atoms with Crippen molar-refractivity contribution in [3.8, 4) is 5.75 Å². The molecule has 0 bridgehead atoms. The Morgan fingerprint density at radius 3 is 2.89 bits per heavy atom. The zero-order chi connectivity index (χ0) is 13.1. The Hall–Kier alpha value is -2.08. The molecule has 1 aromatic heterocycles. The van der Waals surface area contributed by atoms with Gasteiger partial charge in [-0.25, -0.2) is 4.79 Å². The van der Waals surface area contributed by atoms with Gasteiger partial charge in [0.15, 0.2) is 0 Å². The fourth-order valence-corrected chi connectivity index (χ4v) is 1.65. The van der Waals surface area contributed by atoms with E-state index >= 15 is 0 Å². The summed E-state index contributed by atoms with van der Waals surface area (Å²) < 4.78 is 10.1. The van der Waals surface area contributed by atoms with Crippen LogP contribution in [0, 0.1) is 0 Å². The minimum Gasteiger partial charge on any atom is -0.496 e. The minimum absolute atomic E-state index is 0.188. The molecule has 0 aliphatic carbocycles. The summed E-state index contributed by atoms with van der Waals surface area (Å²) in [6, 6.07) is 5.11. The van der Waals surface area contributed by atoms with Gasteiger partial charge in [-0.1, -0.05) is 11.6 Å². The van der Waals surface area contributed by atoms with E-state index in [2.05, 4.69) is 10.2 Å². The molecular formula is C11H9ClN2O4. The number of halogens is 1. The molecule has 7 heteroatoms. The van der Waals surface area contributed by atoms with Crippen molar-refractivity contribution in [1.29, 1.82) is 0 Å². The summed E-state index contributed by atoms with van der Waals surface area (Å²) in [7, 11) is 1.53. The van der Waals surface area contributed by atoms with E-state index in [1.54, 1.807) is 18.2 Å². The van der Waals surface area contributed by atoms with Gasteiger partial charge in [0.2, 0.25) is 5.89 Å². The van der Waals surface area contributed by atoms with Crippen LogP contribution in [0.25, 0.3) is 0 Å². The van der Waals surface area contributed by atoms with Crippen molar-refractivity contribution in [2.24, 2.45) is 0 Å². The monoisotopic (exact) mass is 268 g/mol. The van der Waals surface area contributed by atoms with Gasteiger partial charge in [-0.15, -0.1) is 10.2 Å². The standard InChI is InChI=1S/C11H9ClN2O4/c1-17-8-3-2-7(12)4-6(8)5-9-13-14-10(18-9)11(15)16/h2-4H,5H2,1H3,(H,15,16). The van der Waals surface area contributed by atoms with Crippen molar-refractivity contribution >= 4 is 17.6 Å². The first-order valence-corrected chi connectivity index (χ1v) is 5.36. The maximum absolute atomic E-state index is 10.6. The second-order valence-electron chi connectivity index (χ2n) is 3.44. The van der Waals surface area contributed by atoms with Gasteiger partial charge < -0.3 is 14.3 Å². The van der Waals surface area contributed by atoms with E-state index in [1.165, 1.54) is 7.11 Å². The quantitative estimate of drug-likeness (QED) is 0.913. The summed E-state index contributed by atoms with van der Waals surface area (Å²) >= 11 is 5.88. The molecule has 1 N–H and O–H groups in total. The maximum atomic E-state index is 10.6. The molecule has 2 rings (SSSR count). The fourth-order valence-electron chi connectivity index (χ4n) is 1.46. The maximum Gasteiger partial charge on any atom is 0.393 e. The normalized spacial score (nSPS) is 10.3. The van der Waals surface area contributed by atoms with Gasteiger partial charge >= 0.3 is 11.9 Å². The number of aromatic carboxylic acids is 1. The second-order valence-corrected chi connectivity index (χ2v) is 3.88. The molecule has 0 saturated carbocycles. The van der Waals surface area contributed by atoms with Crippen molar-refractivity contribution in [1.82, 2.24) is 10.2 Å². The molecule has 1 aromatic carbocycles. The Morgan fingerprint density at radius 2 is 2.28 bits per heavy atom. The Balaban J connectivity index is 2.27. The number of carbonyl (C=O) groups is 1. The highest BCUT2D eigenvalue weighted by Gasteiger charge is 2.15. The molecule has 0 spiro atoms. The van der Waals surface area contributed by atoms with Crippen molar-refractivity contribution in [3.05, 3.63) is 40.6 Å². The molecule has 18 heavy (non-hydrogen) atoms. The zero-order valence-electron chi connectivity index (χ0n) is 9.38. The Kier molecular flexibility index (Phi) is 3.47. The van der Waals surface area contributed by atoms with Crippen LogP contribution in [-0.2, 0) is 6.42 Å². The van der Waals surface area contributed by atoms with E-state index in [0.717, 1.165) is 5.56 Å². The van der Waals surface area contributed by atoms with Crippen LogP contribution in [0.5, 0.6) is 5.75 Å². The highest BCUT2D eigenvalue weighted by atomic mass is 35.5. The summed E-state index contributed by atoms with van der Waals surface area (Å²) in [5.74, 6) is -0.889. The van der Waals surface area contributed by atoms with Crippen LogP contribution in [0.2, 0.25) is 5.02 Å². The largest absolute Gasteiger partial charge is 0.496 e. The van der Waals surface area contributed by atoms with Crippen LogP contribution in [0.3, 0.4) is 0 Å². The Labute approximate surface area is 107 Å². The third-order valence-corrected chi connectivity index (χ3v) is 2.47. The first-order valence-electron chi connectivity index (χ1n) is 4.98. The van der Waals surface area contributed by atoms with Crippen molar-refractivity contribution in [2.75, 3.05) is 7.11 Å². The van der Waals surface area contributed by atoms with Gasteiger partial charge in [-0.2, -0.15) is 0 Å². The third-order valence-electron chi connectivity index (χ3n) is 2.23. The lowest BCUT2D eigenvalue weighted by atomic mass is 10.1. The van der Waals surface area contributed by atoms with Gasteiger partial charge in [-0.3, -0.25) is 0 Å². The van der Waals surface area contributed by atoms with Gasteiger partial charge in [-0.05, 0) is 18.2 Å². The van der Waals surface area contributed by atoms with Crippen LogP contribution in [-0.4, -0.2) is 28.4 Å². The van der Waals surface area contributed by atoms with E-state index in [1.807, 2.05) is 0 Å². The van der Waals surface area contributed by atoms with E-state index in [0.29, 0.717) is 10.8 Å². The lowest BCUT2D eigenvalue weighted by Crippen LogP contribution is -1.95. The Bertz CT molecular complexity index is 582. The molecule has 0 atom stereocenters. The molecule has 0 amide bonds. The van der Waals surface area contributed by atoms with Crippen molar-refractivity contribution in [2.45, 2.75) is 6.42 Å². The molecule has 94 valence electrons. The number of benzene rings is 1. The van der Waals surface area contributed by atoms with Gasteiger partial charge in [0.25, 0.3) is 0 Å². The van der Waals surface area contributed by atoms with Crippen LogP contribution in [0.4, 0.5) is 0 Å². The molecule has 0 radical (unpaired) electrons. The number of carboxylic acid groups (broad SMARTS) is 1. The van der Waals surface area contributed by atoms with Crippen LogP contribution in [0.15, 0.2) is 22.6 Å². The van der Waals surface area contributed by atoms with Crippen LogP contribution in [0.1, 0.15) is 22.1 Å². The van der Waals surface area contributed by atoms with E-state index < -0.39 is 11.9 Å². The number of aromatic nitrogens is 2. The molecule has 0 saturated heterocycles. The summed E-state index contributed by atoms with van der Waals surface area (Å²) in [4.78, 5) is 10.6. The number of methoxy groups -OCH3 is 1. The number of nitrogens with zero attached hydrogens (tertiary/aromatic N) is 2. The molecule has 0 aliphatic heterocycles. The average Bonchev–Trinajstić information content (AvgIpc) is 2.78. The third kappa shape index (κ3) is 2.60. The van der Waals surface area contributed by atoms with Crippen molar-refractivity contribution in [3.63, 3.8) is 0 Å². The number of rotatable bonds is 4. The molecule has 1 heterocycles. The molecular weight excluding hydrogens is 260 g/mol. The number of ether oxygens (including phenoxy) is 1. The van der Waals surface area contributed by atoms with Gasteiger partial charge in [0, 0.05) is 10.6 Å². The van der Waals surface area contributed by atoms with Gasteiger partial charge in [0.1, 0.15) is 5.75 Å². The van der Waals surface area contributed by atoms with Crippen LogP contribution < -0.4 is 4.74 Å². The van der Waals surface area contributed by atoms with Crippen molar-refractivity contribution < 1.29 is 19.1 Å². The lowest BCUT2D eigenvalue weighted by Gasteiger charge is -2.06. The lowest BCUT2D eigenvalue weighted by molar-refractivity contribution is 0.0651. The predicted molar refractivity (Wildman–Crippen MR) is 62.1 cm³/mol. The number of hydrogen-bond donors (Lipinski definition) is 1. The van der Waals surface area contributed by atoms with E-state index in [4.69, 9.17) is 25.9 Å². The molecule has 0 aliphatic rings. The fraction of sp³-hybridized carbons (Fsp3) is 0.182. The summed E-state index contributed by atoms with van der Waals surface area (Å²) in [5, 5.41) is 16.3. The number of carboxylic acids is 1.